The smallest absolute Gasteiger partial charge is 0.290 e. The number of nitrogens with zero attached hydrogens (tertiary/aromatic N) is 2. The third kappa shape index (κ3) is 1.70. The minimum Gasteiger partial charge on any atom is -0.328 e. The highest BCUT2D eigenvalue weighted by molar-refractivity contribution is 8.18. The number of thioether (sulfide) groups is 1. The van der Waals surface area contributed by atoms with Crippen molar-refractivity contribution in [1.82, 2.24) is 14.9 Å². The molecule has 0 atom stereocenters. The van der Waals surface area contributed by atoms with Gasteiger partial charge in [-0.05, 0) is 23.9 Å². The van der Waals surface area contributed by atoms with E-state index in [1.165, 1.54) is 0 Å². The summed E-state index contributed by atoms with van der Waals surface area (Å²) in [4.78, 5) is 27.3. The van der Waals surface area contributed by atoms with Gasteiger partial charge in [0.15, 0.2) is 0 Å². The van der Waals surface area contributed by atoms with Crippen molar-refractivity contribution in [2.75, 3.05) is 0 Å². The summed E-state index contributed by atoms with van der Waals surface area (Å²) >= 11 is 0.895. The van der Waals surface area contributed by atoms with Gasteiger partial charge in [0, 0.05) is 13.1 Å². The number of carbonyl (C=O) groups excluding carboxylic acids is 2. The van der Waals surface area contributed by atoms with E-state index in [1.807, 2.05) is 35.9 Å². The molecule has 0 bridgehead atoms. The number of aromatic nitrogens is 2. The van der Waals surface area contributed by atoms with Gasteiger partial charge in [-0.15, -0.1) is 0 Å². The molecule has 0 aliphatic carbocycles. The van der Waals surface area contributed by atoms with Crippen LogP contribution < -0.4 is 5.32 Å². The molecule has 1 aliphatic rings. The van der Waals surface area contributed by atoms with Crippen molar-refractivity contribution in [2.45, 2.75) is 0 Å². The monoisotopic (exact) mass is 259 g/mol. The summed E-state index contributed by atoms with van der Waals surface area (Å²) in [6.45, 7) is 0. The first-order valence-electron chi connectivity index (χ1n) is 5.31. The first-order valence-corrected chi connectivity index (χ1v) is 6.13. The third-order valence-corrected chi connectivity index (χ3v) is 3.53. The van der Waals surface area contributed by atoms with Gasteiger partial charge >= 0.3 is 0 Å². The van der Waals surface area contributed by atoms with E-state index in [-0.39, 0.29) is 11.1 Å². The number of imide groups is 1. The number of benzene rings is 1. The zero-order chi connectivity index (χ0) is 12.7. The number of hydrogen-bond donors (Lipinski definition) is 1. The van der Waals surface area contributed by atoms with Crippen LogP contribution in [-0.2, 0) is 11.8 Å². The van der Waals surface area contributed by atoms with Crippen molar-refractivity contribution in [3.8, 4) is 0 Å². The van der Waals surface area contributed by atoms with Crippen molar-refractivity contribution < 1.29 is 9.59 Å². The zero-order valence-electron chi connectivity index (χ0n) is 9.51. The molecular weight excluding hydrogens is 250 g/mol. The normalized spacial score (nSPS) is 17.7. The van der Waals surface area contributed by atoms with Crippen LogP contribution in [0.15, 0.2) is 29.2 Å². The lowest BCUT2D eigenvalue weighted by Crippen LogP contribution is -2.17. The van der Waals surface area contributed by atoms with Crippen molar-refractivity contribution >= 4 is 40.0 Å². The molecule has 1 saturated heterocycles. The van der Waals surface area contributed by atoms with E-state index in [2.05, 4.69) is 10.3 Å². The Morgan fingerprint density at radius 1 is 1.33 bits per heavy atom. The fourth-order valence-electron chi connectivity index (χ4n) is 1.83. The largest absolute Gasteiger partial charge is 0.328 e. The number of fused-ring (bicyclic) bond motifs is 1. The second kappa shape index (κ2) is 3.99. The minimum atomic E-state index is -0.364. The van der Waals surface area contributed by atoms with Crippen LogP contribution in [0.2, 0.25) is 0 Å². The van der Waals surface area contributed by atoms with E-state index < -0.39 is 0 Å². The predicted octanol–water partition coefficient (Wildman–Crippen LogP) is 1.90. The SMILES string of the molecule is Cn1c(/C=C2\SC(=O)NC2=O)nc2ccccc21. The molecule has 5 nitrogen and oxygen atoms in total. The number of nitrogens with one attached hydrogen (secondary N) is 1. The number of hydrogen-bond acceptors (Lipinski definition) is 4. The Kier molecular flexibility index (Phi) is 2.45. The quantitative estimate of drug-likeness (QED) is 0.794. The van der Waals surface area contributed by atoms with Crippen molar-refractivity contribution in [2.24, 2.45) is 7.05 Å². The fourth-order valence-corrected chi connectivity index (χ4v) is 2.48. The lowest BCUT2D eigenvalue weighted by Gasteiger charge is -1.97. The van der Waals surface area contributed by atoms with Crippen LogP contribution in [0.3, 0.4) is 0 Å². The molecule has 2 heterocycles. The molecule has 1 aromatic heterocycles. The van der Waals surface area contributed by atoms with Gasteiger partial charge in [-0.1, -0.05) is 12.1 Å². The van der Waals surface area contributed by atoms with E-state index in [1.54, 1.807) is 6.08 Å². The van der Waals surface area contributed by atoms with Crippen molar-refractivity contribution in [3.63, 3.8) is 0 Å². The number of carbonyl (C=O) groups is 2. The van der Waals surface area contributed by atoms with Crippen molar-refractivity contribution in [1.29, 1.82) is 0 Å². The Balaban J connectivity index is 2.10. The predicted molar refractivity (Wildman–Crippen MR) is 69.8 cm³/mol. The topological polar surface area (TPSA) is 64.0 Å². The maximum atomic E-state index is 11.5. The Bertz CT molecular complexity index is 702. The Hall–Kier alpha value is -2.08. The van der Waals surface area contributed by atoms with Crippen LogP contribution >= 0.6 is 11.8 Å². The van der Waals surface area contributed by atoms with Gasteiger partial charge in [0.05, 0.1) is 15.9 Å². The van der Waals surface area contributed by atoms with Gasteiger partial charge in [0.25, 0.3) is 11.1 Å². The van der Waals surface area contributed by atoms with Crippen molar-refractivity contribution in [3.05, 3.63) is 35.0 Å². The maximum Gasteiger partial charge on any atom is 0.290 e. The lowest BCUT2D eigenvalue weighted by molar-refractivity contribution is -0.115. The molecule has 6 heteroatoms. The number of rotatable bonds is 1. The lowest BCUT2D eigenvalue weighted by atomic mass is 10.3. The summed E-state index contributed by atoms with van der Waals surface area (Å²) in [7, 11) is 1.88. The standard InChI is InChI=1S/C12H9N3O2S/c1-15-8-5-3-2-4-7(8)13-10(15)6-9-11(16)14-12(17)18-9/h2-6H,1H3,(H,14,16,17)/b9-6-. The van der Waals surface area contributed by atoms with E-state index >= 15 is 0 Å². The molecule has 0 radical (unpaired) electrons. The molecule has 1 fully saturated rings. The van der Waals surface area contributed by atoms with Gasteiger partial charge in [-0.3, -0.25) is 14.9 Å². The van der Waals surface area contributed by atoms with E-state index in [9.17, 15) is 9.59 Å². The molecule has 1 aliphatic heterocycles. The van der Waals surface area contributed by atoms with Crippen LogP contribution in [0.1, 0.15) is 5.82 Å². The second-order valence-corrected chi connectivity index (χ2v) is 4.88. The molecular formula is C12H9N3O2S. The summed E-state index contributed by atoms with van der Waals surface area (Å²) in [5.41, 5.74) is 1.85. The van der Waals surface area contributed by atoms with Crippen LogP contribution in [0.25, 0.3) is 17.1 Å². The molecule has 1 N–H and O–H groups in total. The van der Waals surface area contributed by atoms with E-state index in [0.717, 1.165) is 22.8 Å². The number of imidazole rings is 1. The first-order chi connectivity index (χ1) is 8.65. The molecule has 3 rings (SSSR count). The third-order valence-electron chi connectivity index (χ3n) is 2.72. The number of amides is 2. The summed E-state index contributed by atoms with van der Waals surface area (Å²) in [5.74, 6) is 0.292. The fraction of sp³-hybridized carbons (Fsp3) is 0.0833. The first kappa shape index (κ1) is 11.0. The molecule has 18 heavy (non-hydrogen) atoms. The van der Waals surface area contributed by atoms with E-state index in [0.29, 0.717) is 10.7 Å². The highest BCUT2D eigenvalue weighted by Crippen LogP contribution is 2.26. The zero-order valence-corrected chi connectivity index (χ0v) is 10.3. The van der Waals surface area contributed by atoms with Gasteiger partial charge < -0.3 is 4.57 Å². The van der Waals surface area contributed by atoms with Gasteiger partial charge in [0.1, 0.15) is 5.82 Å². The second-order valence-electron chi connectivity index (χ2n) is 3.87. The van der Waals surface area contributed by atoms with Gasteiger partial charge in [-0.2, -0.15) is 0 Å². The molecule has 90 valence electrons. The Morgan fingerprint density at radius 2 is 2.11 bits per heavy atom. The Morgan fingerprint density at radius 3 is 2.78 bits per heavy atom. The summed E-state index contributed by atoms with van der Waals surface area (Å²) in [6.07, 6.45) is 1.63. The average molecular weight is 259 g/mol. The molecule has 0 unspecified atom stereocenters. The van der Waals surface area contributed by atoms with Crippen LogP contribution in [-0.4, -0.2) is 20.7 Å². The minimum absolute atomic E-state index is 0.343. The number of para-hydroxylation sites is 2. The van der Waals surface area contributed by atoms with Crippen LogP contribution in [0, 0.1) is 0 Å². The molecule has 2 aromatic rings. The summed E-state index contributed by atoms with van der Waals surface area (Å²) < 4.78 is 1.89. The molecule has 1 aromatic carbocycles. The maximum absolute atomic E-state index is 11.5. The average Bonchev–Trinajstić information content (AvgIpc) is 2.82. The highest BCUT2D eigenvalue weighted by Gasteiger charge is 2.25. The Labute approximate surface area is 107 Å². The van der Waals surface area contributed by atoms with Crippen LogP contribution in [0.4, 0.5) is 4.79 Å². The van der Waals surface area contributed by atoms with Gasteiger partial charge in [-0.25, -0.2) is 4.98 Å². The molecule has 0 saturated carbocycles. The summed E-state index contributed by atoms with van der Waals surface area (Å²) in [6, 6.07) is 7.70. The highest BCUT2D eigenvalue weighted by atomic mass is 32.2. The molecule has 0 spiro atoms. The summed E-state index contributed by atoms with van der Waals surface area (Å²) in [5, 5.41) is 1.88. The van der Waals surface area contributed by atoms with E-state index in [4.69, 9.17) is 0 Å². The van der Waals surface area contributed by atoms with Gasteiger partial charge in [0.2, 0.25) is 0 Å². The number of aryl methyl sites for hydroxylation is 1. The van der Waals surface area contributed by atoms with Crippen LogP contribution in [0.5, 0.6) is 0 Å². The molecule has 2 amide bonds.